The molecule has 23 heavy (non-hydrogen) atoms. The van der Waals surface area contributed by atoms with E-state index in [2.05, 4.69) is 5.32 Å². The number of carbonyl (C=O) groups is 2. The van der Waals surface area contributed by atoms with Gasteiger partial charge in [0, 0.05) is 31.6 Å². The second-order valence-corrected chi connectivity index (χ2v) is 5.39. The third kappa shape index (κ3) is 4.61. The van der Waals surface area contributed by atoms with E-state index in [1.54, 1.807) is 25.3 Å². The highest BCUT2D eigenvalue weighted by atomic mass is 16.5. The van der Waals surface area contributed by atoms with Crippen molar-refractivity contribution >= 4 is 11.8 Å². The number of hydrogen-bond acceptors (Lipinski definition) is 4. The number of carbonyl (C=O) groups excluding carboxylic acids is 2. The van der Waals surface area contributed by atoms with Crippen molar-refractivity contribution in [1.29, 1.82) is 0 Å². The normalized spacial score (nSPS) is 14.0. The zero-order chi connectivity index (χ0) is 16.7. The number of benzene rings is 1. The van der Waals surface area contributed by atoms with Crippen LogP contribution in [0.2, 0.25) is 0 Å². The summed E-state index contributed by atoms with van der Waals surface area (Å²) in [6.07, 6.45) is 2.35. The highest BCUT2D eigenvalue weighted by Gasteiger charge is 2.19. The molecule has 0 atom stereocenters. The fraction of sp³-hybridized carbons (Fsp3) is 0.529. The molecule has 1 aromatic carbocycles. The van der Waals surface area contributed by atoms with Gasteiger partial charge < -0.3 is 19.7 Å². The lowest BCUT2D eigenvalue weighted by atomic mass is 10.2. The summed E-state index contributed by atoms with van der Waals surface area (Å²) in [6.45, 7) is 4.46. The average molecular weight is 320 g/mol. The van der Waals surface area contributed by atoms with Crippen LogP contribution in [0.1, 0.15) is 36.5 Å². The van der Waals surface area contributed by atoms with E-state index in [1.165, 1.54) is 0 Å². The molecule has 1 aromatic rings. The molecule has 0 aliphatic carbocycles. The van der Waals surface area contributed by atoms with Gasteiger partial charge in [-0.3, -0.25) is 9.59 Å². The topological polar surface area (TPSA) is 67.9 Å². The largest absolute Gasteiger partial charge is 0.493 e. The highest BCUT2D eigenvalue weighted by Crippen LogP contribution is 2.27. The second kappa shape index (κ2) is 8.41. The van der Waals surface area contributed by atoms with E-state index in [0.29, 0.717) is 43.2 Å². The Morgan fingerprint density at radius 1 is 1.35 bits per heavy atom. The maximum Gasteiger partial charge on any atom is 0.251 e. The van der Waals surface area contributed by atoms with Crippen LogP contribution in [0.5, 0.6) is 11.5 Å². The number of likely N-dealkylation sites (tertiary alicyclic amines) is 1. The van der Waals surface area contributed by atoms with Crippen molar-refractivity contribution in [2.45, 2.75) is 26.2 Å². The van der Waals surface area contributed by atoms with Gasteiger partial charge in [-0.05, 0) is 38.0 Å². The van der Waals surface area contributed by atoms with Gasteiger partial charge in [-0.15, -0.1) is 0 Å². The van der Waals surface area contributed by atoms with Gasteiger partial charge >= 0.3 is 0 Å². The molecule has 0 radical (unpaired) electrons. The Labute approximate surface area is 136 Å². The van der Waals surface area contributed by atoms with Crippen molar-refractivity contribution in [2.75, 3.05) is 33.4 Å². The molecule has 2 amide bonds. The van der Waals surface area contributed by atoms with Crippen LogP contribution < -0.4 is 14.8 Å². The Bertz CT molecular complexity index is 560. The van der Waals surface area contributed by atoms with Crippen LogP contribution in [0.15, 0.2) is 18.2 Å². The van der Waals surface area contributed by atoms with Gasteiger partial charge in [-0.2, -0.15) is 0 Å². The molecule has 0 aromatic heterocycles. The van der Waals surface area contributed by atoms with Gasteiger partial charge in [0.2, 0.25) is 5.91 Å². The van der Waals surface area contributed by atoms with Crippen molar-refractivity contribution in [1.82, 2.24) is 10.2 Å². The fourth-order valence-electron chi connectivity index (χ4n) is 2.60. The van der Waals surface area contributed by atoms with Crippen molar-refractivity contribution in [3.8, 4) is 11.5 Å². The molecule has 0 spiro atoms. The lowest BCUT2D eigenvalue weighted by Crippen LogP contribution is -2.30. The molecule has 6 nitrogen and oxygen atoms in total. The van der Waals surface area contributed by atoms with Crippen LogP contribution in [0.4, 0.5) is 0 Å². The number of ether oxygens (including phenoxy) is 2. The minimum absolute atomic E-state index is 0.152. The third-order valence-corrected chi connectivity index (χ3v) is 3.79. The lowest BCUT2D eigenvalue weighted by Gasteiger charge is -2.15. The summed E-state index contributed by atoms with van der Waals surface area (Å²) in [6, 6.07) is 5.12. The van der Waals surface area contributed by atoms with Crippen LogP contribution in [-0.4, -0.2) is 50.1 Å². The van der Waals surface area contributed by atoms with Crippen molar-refractivity contribution in [3.63, 3.8) is 0 Å². The Morgan fingerprint density at radius 2 is 2.17 bits per heavy atom. The molecular weight excluding hydrogens is 296 g/mol. The van der Waals surface area contributed by atoms with Crippen molar-refractivity contribution in [2.24, 2.45) is 0 Å². The second-order valence-electron chi connectivity index (χ2n) is 5.39. The summed E-state index contributed by atoms with van der Waals surface area (Å²) in [5.74, 6) is 1.23. The number of rotatable bonds is 8. The van der Waals surface area contributed by atoms with Crippen LogP contribution >= 0.6 is 0 Å². The Hall–Kier alpha value is -2.24. The molecule has 2 rings (SSSR count). The smallest absolute Gasteiger partial charge is 0.251 e. The van der Waals surface area contributed by atoms with Crippen molar-refractivity contribution in [3.05, 3.63) is 23.8 Å². The molecule has 1 N–H and O–H groups in total. The molecular formula is C17H24N2O4. The molecule has 0 unspecified atom stereocenters. The van der Waals surface area contributed by atoms with Gasteiger partial charge in [0.1, 0.15) is 0 Å². The van der Waals surface area contributed by atoms with Gasteiger partial charge in [-0.25, -0.2) is 0 Å². The molecule has 126 valence electrons. The Kier molecular flexibility index (Phi) is 6.26. The molecule has 1 aliphatic rings. The zero-order valence-corrected chi connectivity index (χ0v) is 13.8. The number of methoxy groups -OCH3 is 1. The summed E-state index contributed by atoms with van der Waals surface area (Å²) in [5.41, 5.74) is 0.534. The van der Waals surface area contributed by atoms with E-state index < -0.39 is 0 Å². The number of nitrogens with one attached hydrogen (secondary N) is 1. The monoisotopic (exact) mass is 320 g/mol. The summed E-state index contributed by atoms with van der Waals surface area (Å²) >= 11 is 0. The van der Waals surface area contributed by atoms with E-state index in [0.717, 1.165) is 19.4 Å². The summed E-state index contributed by atoms with van der Waals surface area (Å²) in [7, 11) is 1.57. The first-order valence-corrected chi connectivity index (χ1v) is 8.02. The van der Waals surface area contributed by atoms with E-state index in [9.17, 15) is 9.59 Å². The summed E-state index contributed by atoms with van der Waals surface area (Å²) in [4.78, 5) is 25.5. The van der Waals surface area contributed by atoms with Gasteiger partial charge in [0.15, 0.2) is 11.5 Å². The van der Waals surface area contributed by atoms with Crippen molar-refractivity contribution < 1.29 is 19.1 Å². The first-order chi connectivity index (χ1) is 11.2. The minimum atomic E-state index is -0.152. The number of amides is 2. The van der Waals surface area contributed by atoms with Gasteiger partial charge in [0.05, 0.1) is 13.7 Å². The molecule has 0 saturated carbocycles. The quantitative estimate of drug-likeness (QED) is 0.742. The van der Waals surface area contributed by atoms with Crippen LogP contribution in [-0.2, 0) is 4.79 Å². The van der Waals surface area contributed by atoms with E-state index in [4.69, 9.17) is 9.47 Å². The lowest BCUT2D eigenvalue weighted by molar-refractivity contribution is -0.127. The standard InChI is InChI=1S/C17H24N2O4/c1-3-23-15-12-13(7-8-14(15)22-2)17(21)18-9-5-11-19-10-4-6-16(19)20/h7-8,12H,3-6,9-11H2,1-2H3,(H,18,21). The molecule has 0 bridgehead atoms. The summed E-state index contributed by atoms with van der Waals surface area (Å²) in [5, 5.41) is 2.87. The third-order valence-electron chi connectivity index (χ3n) is 3.79. The molecule has 1 saturated heterocycles. The molecule has 1 heterocycles. The Morgan fingerprint density at radius 3 is 2.83 bits per heavy atom. The zero-order valence-electron chi connectivity index (χ0n) is 13.8. The molecule has 6 heteroatoms. The van der Waals surface area contributed by atoms with Crippen LogP contribution in [0, 0.1) is 0 Å². The SMILES string of the molecule is CCOc1cc(C(=O)NCCCN2CCCC2=O)ccc1OC. The number of hydrogen-bond donors (Lipinski definition) is 1. The highest BCUT2D eigenvalue weighted by molar-refractivity contribution is 5.94. The summed E-state index contributed by atoms with van der Waals surface area (Å²) < 4.78 is 10.7. The predicted octanol–water partition coefficient (Wildman–Crippen LogP) is 1.84. The average Bonchev–Trinajstić information content (AvgIpc) is 2.96. The van der Waals surface area contributed by atoms with Crippen LogP contribution in [0.3, 0.4) is 0 Å². The van der Waals surface area contributed by atoms with E-state index in [-0.39, 0.29) is 11.8 Å². The predicted molar refractivity (Wildman–Crippen MR) is 86.9 cm³/mol. The van der Waals surface area contributed by atoms with E-state index >= 15 is 0 Å². The van der Waals surface area contributed by atoms with Gasteiger partial charge in [-0.1, -0.05) is 0 Å². The molecule has 1 aliphatic heterocycles. The maximum atomic E-state index is 12.2. The maximum absolute atomic E-state index is 12.2. The van der Waals surface area contributed by atoms with Crippen LogP contribution in [0.25, 0.3) is 0 Å². The molecule has 1 fully saturated rings. The first-order valence-electron chi connectivity index (χ1n) is 8.02. The van der Waals surface area contributed by atoms with E-state index in [1.807, 2.05) is 11.8 Å². The fourth-order valence-corrected chi connectivity index (χ4v) is 2.60. The van der Waals surface area contributed by atoms with Gasteiger partial charge in [0.25, 0.3) is 5.91 Å². The first kappa shape index (κ1) is 17.1. The Balaban J connectivity index is 1.83. The minimum Gasteiger partial charge on any atom is -0.493 e. The number of nitrogens with zero attached hydrogens (tertiary/aromatic N) is 1.